The number of carbonyl (C=O) groups is 1. The van der Waals surface area contributed by atoms with Crippen molar-refractivity contribution in [1.29, 1.82) is 0 Å². The average Bonchev–Trinajstić information content (AvgIpc) is 1.96. The van der Waals surface area contributed by atoms with E-state index in [0.29, 0.717) is 13.0 Å². The molecule has 0 saturated heterocycles. The van der Waals surface area contributed by atoms with Gasteiger partial charge in [0.15, 0.2) is 6.10 Å². The standard InChI is InChI=1S/C8H13NO3/c9-8(11)7-6(10)4-2-1-3-5-12-7/h1,3,6-7,10H,2,4-5H2,(H2,9,11). The van der Waals surface area contributed by atoms with Crippen molar-refractivity contribution in [2.45, 2.75) is 25.0 Å². The summed E-state index contributed by atoms with van der Waals surface area (Å²) in [5, 5.41) is 9.38. The lowest BCUT2D eigenvalue weighted by Crippen LogP contribution is -2.41. The van der Waals surface area contributed by atoms with Crippen molar-refractivity contribution in [3.05, 3.63) is 12.2 Å². The summed E-state index contributed by atoms with van der Waals surface area (Å²) >= 11 is 0. The van der Waals surface area contributed by atoms with Crippen LogP contribution in [0.1, 0.15) is 12.8 Å². The lowest BCUT2D eigenvalue weighted by molar-refractivity contribution is -0.136. The van der Waals surface area contributed by atoms with E-state index in [1.165, 1.54) is 0 Å². The fourth-order valence-corrected chi connectivity index (χ4v) is 1.15. The van der Waals surface area contributed by atoms with Gasteiger partial charge in [-0.25, -0.2) is 0 Å². The molecule has 0 radical (unpaired) electrons. The summed E-state index contributed by atoms with van der Waals surface area (Å²) in [5.74, 6) is -0.599. The second-order valence-electron chi connectivity index (χ2n) is 2.77. The lowest BCUT2D eigenvalue weighted by atomic mass is 10.1. The van der Waals surface area contributed by atoms with Gasteiger partial charge < -0.3 is 15.6 Å². The lowest BCUT2D eigenvalue weighted by Gasteiger charge is -2.20. The first-order chi connectivity index (χ1) is 5.72. The molecule has 1 aliphatic rings. The van der Waals surface area contributed by atoms with Gasteiger partial charge in [0.2, 0.25) is 5.91 Å². The van der Waals surface area contributed by atoms with Gasteiger partial charge in [0.25, 0.3) is 0 Å². The van der Waals surface area contributed by atoms with E-state index in [1.54, 1.807) is 0 Å². The van der Waals surface area contributed by atoms with Crippen LogP contribution in [0.3, 0.4) is 0 Å². The summed E-state index contributed by atoms with van der Waals surface area (Å²) in [6, 6.07) is 0. The predicted molar refractivity (Wildman–Crippen MR) is 43.3 cm³/mol. The highest BCUT2D eigenvalue weighted by Gasteiger charge is 2.25. The highest BCUT2D eigenvalue weighted by molar-refractivity contribution is 5.79. The minimum absolute atomic E-state index is 0.338. The summed E-state index contributed by atoms with van der Waals surface area (Å²) in [6.07, 6.45) is 3.39. The molecule has 0 aromatic rings. The van der Waals surface area contributed by atoms with Crippen molar-refractivity contribution >= 4 is 5.91 Å². The third-order valence-electron chi connectivity index (χ3n) is 1.80. The number of allylic oxidation sites excluding steroid dienone is 1. The molecule has 0 bridgehead atoms. The quantitative estimate of drug-likeness (QED) is 0.526. The first kappa shape index (κ1) is 9.22. The van der Waals surface area contributed by atoms with Crippen LogP contribution in [0.15, 0.2) is 12.2 Å². The van der Waals surface area contributed by atoms with Gasteiger partial charge in [0.05, 0.1) is 12.7 Å². The molecule has 12 heavy (non-hydrogen) atoms. The monoisotopic (exact) mass is 171 g/mol. The molecule has 0 saturated carbocycles. The minimum Gasteiger partial charge on any atom is -0.390 e. The van der Waals surface area contributed by atoms with E-state index >= 15 is 0 Å². The Labute approximate surface area is 71.0 Å². The molecule has 3 N–H and O–H groups in total. The van der Waals surface area contributed by atoms with E-state index in [4.69, 9.17) is 10.5 Å². The number of rotatable bonds is 1. The van der Waals surface area contributed by atoms with Crippen molar-refractivity contribution in [3.8, 4) is 0 Å². The fourth-order valence-electron chi connectivity index (χ4n) is 1.15. The van der Waals surface area contributed by atoms with Gasteiger partial charge in [-0.05, 0) is 12.8 Å². The average molecular weight is 171 g/mol. The van der Waals surface area contributed by atoms with Crippen molar-refractivity contribution in [2.75, 3.05) is 6.61 Å². The fraction of sp³-hybridized carbons (Fsp3) is 0.625. The number of primary amides is 1. The Morgan fingerprint density at radius 3 is 3.00 bits per heavy atom. The molecular weight excluding hydrogens is 158 g/mol. The van der Waals surface area contributed by atoms with Gasteiger partial charge >= 0.3 is 0 Å². The summed E-state index contributed by atoms with van der Waals surface area (Å²) in [5.41, 5.74) is 5.03. The molecule has 0 aliphatic carbocycles. The summed E-state index contributed by atoms with van der Waals surface area (Å²) in [7, 11) is 0. The molecule has 0 aromatic carbocycles. The maximum absolute atomic E-state index is 10.7. The third kappa shape index (κ3) is 2.32. The zero-order chi connectivity index (χ0) is 8.97. The predicted octanol–water partition coefficient (Wildman–Crippen LogP) is -0.432. The number of aliphatic hydroxyl groups excluding tert-OH is 1. The first-order valence-corrected chi connectivity index (χ1v) is 3.96. The van der Waals surface area contributed by atoms with Gasteiger partial charge in [-0.1, -0.05) is 12.2 Å². The van der Waals surface area contributed by atoms with Crippen LogP contribution in [0.2, 0.25) is 0 Å². The Morgan fingerprint density at radius 1 is 1.58 bits per heavy atom. The summed E-state index contributed by atoms with van der Waals surface area (Å²) in [6.45, 7) is 0.338. The van der Waals surface area contributed by atoms with Crippen molar-refractivity contribution in [2.24, 2.45) is 5.73 Å². The number of hydrogen-bond donors (Lipinski definition) is 2. The Balaban J connectivity index is 2.58. The van der Waals surface area contributed by atoms with Gasteiger partial charge in [-0.2, -0.15) is 0 Å². The van der Waals surface area contributed by atoms with Gasteiger partial charge in [0, 0.05) is 0 Å². The number of amides is 1. The molecule has 4 heteroatoms. The zero-order valence-corrected chi connectivity index (χ0v) is 6.77. The van der Waals surface area contributed by atoms with E-state index < -0.39 is 18.1 Å². The number of hydrogen-bond acceptors (Lipinski definition) is 3. The van der Waals surface area contributed by atoms with Crippen molar-refractivity contribution < 1.29 is 14.6 Å². The van der Waals surface area contributed by atoms with E-state index in [1.807, 2.05) is 12.2 Å². The number of nitrogens with two attached hydrogens (primary N) is 1. The SMILES string of the molecule is NC(=O)C1OCC=CCCC1O. The first-order valence-electron chi connectivity index (χ1n) is 3.96. The molecule has 2 unspecified atom stereocenters. The van der Waals surface area contributed by atoms with Crippen molar-refractivity contribution in [1.82, 2.24) is 0 Å². The molecule has 2 atom stereocenters. The maximum Gasteiger partial charge on any atom is 0.249 e. The zero-order valence-electron chi connectivity index (χ0n) is 6.77. The van der Waals surface area contributed by atoms with Crippen LogP contribution in [0.5, 0.6) is 0 Å². The Kier molecular flexibility index (Phi) is 3.25. The number of carbonyl (C=O) groups excluding carboxylic acids is 1. The largest absolute Gasteiger partial charge is 0.390 e. The Hall–Kier alpha value is -0.870. The maximum atomic E-state index is 10.7. The molecule has 0 aromatic heterocycles. The second kappa shape index (κ2) is 4.23. The van der Waals surface area contributed by atoms with Crippen LogP contribution in [0, 0.1) is 0 Å². The van der Waals surface area contributed by atoms with Crippen LogP contribution in [0.4, 0.5) is 0 Å². The Bertz CT molecular complexity index is 191. The van der Waals surface area contributed by atoms with Crippen LogP contribution in [0.25, 0.3) is 0 Å². The Morgan fingerprint density at radius 2 is 2.33 bits per heavy atom. The topological polar surface area (TPSA) is 72.6 Å². The second-order valence-corrected chi connectivity index (χ2v) is 2.77. The summed E-state index contributed by atoms with van der Waals surface area (Å²) < 4.78 is 5.05. The van der Waals surface area contributed by atoms with Gasteiger partial charge in [-0.15, -0.1) is 0 Å². The third-order valence-corrected chi connectivity index (χ3v) is 1.80. The number of aliphatic hydroxyl groups is 1. The molecule has 68 valence electrons. The highest BCUT2D eigenvalue weighted by Crippen LogP contribution is 2.09. The molecule has 1 amide bonds. The van der Waals surface area contributed by atoms with E-state index in [9.17, 15) is 9.90 Å². The molecular formula is C8H13NO3. The smallest absolute Gasteiger partial charge is 0.249 e. The van der Waals surface area contributed by atoms with E-state index in [2.05, 4.69) is 0 Å². The van der Waals surface area contributed by atoms with E-state index in [-0.39, 0.29) is 0 Å². The highest BCUT2D eigenvalue weighted by atomic mass is 16.5. The molecule has 1 heterocycles. The van der Waals surface area contributed by atoms with Crippen LogP contribution in [-0.2, 0) is 9.53 Å². The van der Waals surface area contributed by atoms with E-state index in [0.717, 1.165) is 6.42 Å². The molecule has 1 rings (SSSR count). The van der Waals surface area contributed by atoms with Gasteiger partial charge in [-0.3, -0.25) is 4.79 Å². The van der Waals surface area contributed by atoms with Gasteiger partial charge in [0.1, 0.15) is 0 Å². The summed E-state index contributed by atoms with van der Waals surface area (Å²) in [4.78, 5) is 10.7. The molecule has 1 aliphatic heterocycles. The normalized spacial score (nSPS) is 30.8. The van der Waals surface area contributed by atoms with Crippen LogP contribution >= 0.6 is 0 Å². The molecule has 4 nitrogen and oxygen atoms in total. The molecule has 0 spiro atoms. The number of ether oxygens (including phenoxy) is 1. The molecule has 0 fully saturated rings. The van der Waals surface area contributed by atoms with Crippen LogP contribution < -0.4 is 5.73 Å². The minimum atomic E-state index is -0.852. The van der Waals surface area contributed by atoms with Crippen molar-refractivity contribution in [3.63, 3.8) is 0 Å². The van der Waals surface area contributed by atoms with Crippen LogP contribution in [-0.4, -0.2) is 29.8 Å².